The van der Waals surface area contributed by atoms with Crippen molar-refractivity contribution < 1.29 is 29.3 Å². The van der Waals surface area contributed by atoms with E-state index in [-0.39, 0.29) is 17.4 Å². The summed E-state index contributed by atoms with van der Waals surface area (Å²) in [6, 6.07) is 21.6. The van der Waals surface area contributed by atoms with Gasteiger partial charge >= 0.3 is 5.97 Å². The summed E-state index contributed by atoms with van der Waals surface area (Å²) in [6.07, 6.45) is -2.33. The molecule has 3 aromatic carbocycles. The third-order valence-corrected chi connectivity index (χ3v) is 3.80. The SMILES string of the molecule is N=C(N)c1ccc(C(=O)Oc2ccccc2C(=O)c2ccccc2)cc1.O=C([O-])[O-]. The third kappa shape index (κ3) is 6.03. The lowest BCUT2D eigenvalue weighted by Gasteiger charge is -2.10. The van der Waals surface area contributed by atoms with E-state index in [4.69, 9.17) is 30.9 Å². The van der Waals surface area contributed by atoms with Crippen LogP contribution in [0.4, 0.5) is 4.79 Å². The van der Waals surface area contributed by atoms with Gasteiger partial charge in [-0.3, -0.25) is 10.2 Å². The molecular weight excluding hydrogens is 388 g/mol. The second-order valence-electron chi connectivity index (χ2n) is 5.82. The molecule has 8 nitrogen and oxygen atoms in total. The first kappa shape index (κ1) is 21.8. The molecule has 8 heteroatoms. The number of nitrogen functional groups attached to an aromatic ring is 1. The van der Waals surface area contributed by atoms with Gasteiger partial charge < -0.3 is 25.5 Å². The summed E-state index contributed by atoms with van der Waals surface area (Å²) in [5.74, 6) is -0.694. The fourth-order valence-corrected chi connectivity index (χ4v) is 2.43. The van der Waals surface area contributed by atoms with E-state index in [0.717, 1.165) is 0 Å². The first-order valence-corrected chi connectivity index (χ1v) is 8.53. The fourth-order valence-electron chi connectivity index (χ4n) is 2.43. The quantitative estimate of drug-likeness (QED) is 0.211. The normalized spacial score (nSPS) is 9.60. The molecule has 0 spiro atoms. The van der Waals surface area contributed by atoms with E-state index in [1.54, 1.807) is 60.7 Å². The van der Waals surface area contributed by atoms with E-state index < -0.39 is 12.1 Å². The first-order chi connectivity index (χ1) is 14.3. The third-order valence-electron chi connectivity index (χ3n) is 3.80. The van der Waals surface area contributed by atoms with Gasteiger partial charge in [-0.05, 0) is 30.4 Å². The van der Waals surface area contributed by atoms with Gasteiger partial charge in [0.1, 0.15) is 11.6 Å². The molecule has 0 saturated heterocycles. The monoisotopic (exact) mass is 404 g/mol. The van der Waals surface area contributed by atoms with Crippen molar-refractivity contribution in [3.63, 3.8) is 0 Å². The standard InChI is InChI=1S/C21H16N2O3.CH2O3/c22-20(23)15-10-12-16(13-11-15)21(25)26-18-9-5-4-8-17(18)19(24)14-6-2-1-3-7-14;2-1(3)4/h1-13H,(H3,22,23);(H2,2,3,4)/p-2. The number of amidine groups is 1. The van der Waals surface area contributed by atoms with Crippen LogP contribution in [0.3, 0.4) is 0 Å². The zero-order valence-electron chi connectivity index (χ0n) is 15.5. The van der Waals surface area contributed by atoms with E-state index in [0.29, 0.717) is 22.3 Å². The van der Waals surface area contributed by atoms with Crippen LogP contribution in [0.1, 0.15) is 31.8 Å². The number of ether oxygens (including phenoxy) is 1. The van der Waals surface area contributed by atoms with Crippen LogP contribution < -0.4 is 20.7 Å². The van der Waals surface area contributed by atoms with Crippen LogP contribution in [-0.2, 0) is 0 Å². The van der Waals surface area contributed by atoms with Gasteiger partial charge in [-0.15, -0.1) is 0 Å². The maximum Gasteiger partial charge on any atom is 0.343 e. The molecule has 3 N–H and O–H groups in total. The molecule has 0 aromatic heterocycles. The second-order valence-corrected chi connectivity index (χ2v) is 5.82. The van der Waals surface area contributed by atoms with Crippen LogP contribution in [-0.4, -0.2) is 23.7 Å². The summed E-state index contributed by atoms with van der Waals surface area (Å²) in [7, 11) is 0. The van der Waals surface area contributed by atoms with Crippen molar-refractivity contribution in [1.29, 1.82) is 5.41 Å². The van der Waals surface area contributed by atoms with Gasteiger partial charge in [0.2, 0.25) is 0 Å². The van der Waals surface area contributed by atoms with Crippen molar-refractivity contribution in [2.45, 2.75) is 0 Å². The fraction of sp³-hybridized carbons (Fsp3) is 0. The smallest absolute Gasteiger partial charge is 0.343 e. The molecule has 152 valence electrons. The van der Waals surface area contributed by atoms with Crippen molar-refractivity contribution in [2.75, 3.05) is 0 Å². The summed E-state index contributed by atoms with van der Waals surface area (Å²) < 4.78 is 5.43. The molecule has 0 bridgehead atoms. The largest absolute Gasteiger partial charge is 0.652 e. The Morgan fingerprint density at radius 1 is 0.733 bits per heavy atom. The minimum absolute atomic E-state index is 0.0799. The van der Waals surface area contributed by atoms with E-state index in [1.807, 2.05) is 6.07 Å². The summed E-state index contributed by atoms with van der Waals surface area (Å²) in [5.41, 5.74) is 7.05. The Labute approximate surface area is 171 Å². The molecule has 30 heavy (non-hydrogen) atoms. The molecule has 3 aromatic rings. The summed E-state index contributed by atoms with van der Waals surface area (Å²) in [5, 5.41) is 24.0. The van der Waals surface area contributed by atoms with E-state index in [2.05, 4.69) is 0 Å². The van der Waals surface area contributed by atoms with Crippen molar-refractivity contribution in [1.82, 2.24) is 0 Å². The molecule has 3 rings (SSSR count). The van der Waals surface area contributed by atoms with Crippen LogP contribution >= 0.6 is 0 Å². The number of benzene rings is 3. The number of carbonyl (C=O) groups excluding carboxylic acids is 3. The molecule has 0 heterocycles. The van der Waals surface area contributed by atoms with Gasteiger partial charge in [-0.1, -0.05) is 54.6 Å². The number of nitrogens with one attached hydrogen (secondary N) is 1. The number of hydrogen-bond donors (Lipinski definition) is 2. The van der Waals surface area contributed by atoms with Crippen LogP contribution in [0.15, 0.2) is 78.9 Å². The highest BCUT2D eigenvalue weighted by Gasteiger charge is 2.17. The molecule has 0 aliphatic carbocycles. The number of hydrogen-bond acceptors (Lipinski definition) is 7. The average Bonchev–Trinajstić information content (AvgIpc) is 2.74. The highest BCUT2D eigenvalue weighted by Crippen LogP contribution is 2.22. The zero-order chi connectivity index (χ0) is 22.1. The van der Waals surface area contributed by atoms with Crippen molar-refractivity contribution in [2.24, 2.45) is 5.73 Å². The van der Waals surface area contributed by atoms with Gasteiger partial charge in [0, 0.05) is 11.1 Å². The van der Waals surface area contributed by atoms with E-state index in [1.165, 1.54) is 12.1 Å². The molecule has 0 atom stereocenters. The van der Waals surface area contributed by atoms with Gasteiger partial charge in [0.25, 0.3) is 0 Å². The molecule has 0 saturated carbocycles. The molecule has 0 amide bonds. The molecule has 0 aliphatic rings. The number of nitrogens with two attached hydrogens (primary N) is 1. The van der Waals surface area contributed by atoms with Crippen LogP contribution in [0, 0.1) is 5.41 Å². The summed E-state index contributed by atoms with van der Waals surface area (Å²) >= 11 is 0. The van der Waals surface area contributed by atoms with Gasteiger partial charge in [0.05, 0.1) is 11.1 Å². The Kier molecular flexibility index (Phi) is 7.41. The van der Waals surface area contributed by atoms with Crippen molar-refractivity contribution >= 4 is 23.7 Å². The number of ketones is 1. The van der Waals surface area contributed by atoms with Crippen LogP contribution in [0.5, 0.6) is 5.75 Å². The minimum Gasteiger partial charge on any atom is -0.652 e. The predicted molar refractivity (Wildman–Crippen MR) is 104 cm³/mol. The predicted octanol–water partition coefficient (Wildman–Crippen LogP) is 0.974. The van der Waals surface area contributed by atoms with Gasteiger partial charge in [-0.2, -0.15) is 0 Å². The Morgan fingerprint density at radius 3 is 1.80 bits per heavy atom. The van der Waals surface area contributed by atoms with Crippen molar-refractivity contribution in [3.8, 4) is 5.75 Å². The van der Waals surface area contributed by atoms with Gasteiger partial charge in [-0.25, -0.2) is 4.79 Å². The minimum atomic E-state index is -2.33. The molecule has 0 fully saturated rings. The Hall–Kier alpha value is -4.46. The summed E-state index contributed by atoms with van der Waals surface area (Å²) in [6.45, 7) is 0. The lowest BCUT2D eigenvalue weighted by atomic mass is 10.0. The molecule has 0 radical (unpaired) electrons. The number of rotatable bonds is 5. The molecular formula is C22H16N2O6-2. The Balaban J connectivity index is 0.000000735. The molecule has 0 unspecified atom stereocenters. The maximum atomic E-state index is 12.7. The van der Waals surface area contributed by atoms with E-state index in [9.17, 15) is 9.59 Å². The van der Waals surface area contributed by atoms with Crippen molar-refractivity contribution in [3.05, 3.63) is 101 Å². The topological polar surface area (TPSA) is 156 Å². The van der Waals surface area contributed by atoms with Crippen LogP contribution in [0.2, 0.25) is 0 Å². The Morgan fingerprint density at radius 2 is 1.23 bits per heavy atom. The van der Waals surface area contributed by atoms with E-state index >= 15 is 0 Å². The highest BCUT2D eigenvalue weighted by atomic mass is 16.6. The first-order valence-electron chi connectivity index (χ1n) is 8.53. The molecule has 0 aliphatic heterocycles. The maximum absolute atomic E-state index is 12.7. The average molecular weight is 404 g/mol. The lowest BCUT2D eigenvalue weighted by molar-refractivity contribution is -0.415. The zero-order valence-corrected chi connectivity index (χ0v) is 15.5. The number of para-hydroxylation sites is 1. The number of carbonyl (C=O) groups is 3. The van der Waals surface area contributed by atoms with Crippen LogP contribution in [0.25, 0.3) is 0 Å². The summed E-state index contributed by atoms with van der Waals surface area (Å²) in [4.78, 5) is 33.4. The lowest BCUT2D eigenvalue weighted by Crippen LogP contribution is -2.37. The number of carboxylic acid groups (broad SMARTS) is 2. The van der Waals surface area contributed by atoms with Gasteiger partial charge in [0.15, 0.2) is 5.78 Å². The highest BCUT2D eigenvalue weighted by molar-refractivity contribution is 6.11. The second kappa shape index (κ2) is 10.2. The number of esters is 1. The Bertz CT molecular complexity index is 1060.